The monoisotopic (exact) mass is 312 g/mol. The second kappa shape index (κ2) is 4.96. The standard InChI is InChI=1S/C15H12N4O2S/c16-14(22)7-19-11-6-13-12(20-8-21-13)5-10(11)18-15(19)9-1-3-17-4-2-9/h1-6H,7-8H2,(H2,16,22). The summed E-state index contributed by atoms with van der Waals surface area (Å²) in [4.78, 5) is 9.13. The number of pyridine rings is 1. The topological polar surface area (TPSA) is 75.2 Å². The van der Waals surface area contributed by atoms with Crippen LogP contribution in [-0.2, 0) is 6.54 Å². The molecule has 0 aliphatic carbocycles. The lowest BCUT2D eigenvalue weighted by Gasteiger charge is -2.08. The van der Waals surface area contributed by atoms with E-state index in [-0.39, 0.29) is 6.79 Å². The zero-order chi connectivity index (χ0) is 15.1. The number of hydrogen-bond acceptors (Lipinski definition) is 5. The molecule has 0 spiro atoms. The Morgan fingerprint density at radius 3 is 2.68 bits per heavy atom. The minimum absolute atomic E-state index is 0.231. The molecule has 0 saturated carbocycles. The minimum atomic E-state index is 0.231. The number of nitrogens with two attached hydrogens (primary N) is 1. The number of benzene rings is 1. The smallest absolute Gasteiger partial charge is 0.231 e. The Bertz CT molecular complexity index is 876. The molecule has 110 valence electrons. The third-order valence-corrected chi connectivity index (χ3v) is 3.62. The van der Waals surface area contributed by atoms with Crippen LogP contribution in [0.3, 0.4) is 0 Å². The molecule has 0 bridgehead atoms. The number of thiocarbonyl (C=S) groups is 1. The molecule has 0 unspecified atom stereocenters. The maximum Gasteiger partial charge on any atom is 0.231 e. The highest BCUT2D eigenvalue weighted by Gasteiger charge is 2.20. The lowest BCUT2D eigenvalue weighted by atomic mass is 10.2. The van der Waals surface area contributed by atoms with Crippen molar-refractivity contribution < 1.29 is 9.47 Å². The van der Waals surface area contributed by atoms with Crippen molar-refractivity contribution >= 4 is 28.2 Å². The predicted molar refractivity (Wildman–Crippen MR) is 85.9 cm³/mol. The van der Waals surface area contributed by atoms with Gasteiger partial charge in [-0.15, -0.1) is 0 Å². The van der Waals surface area contributed by atoms with Crippen molar-refractivity contribution in [1.82, 2.24) is 14.5 Å². The fourth-order valence-electron chi connectivity index (χ4n) is 2.55. The Morgan fingerprint density at radius 2 is 1.95 bits per heavy atom. The van der Waals surface area contributed by atoms with Crippen molar-refractivity contribution in [3.63, 3.8) is 0 Å². The average Bonchev–Trinajstić information content (AvgIpc) is 3.10. The Hall–Kier alpha value is -2.67. The van der Waals surface area contributed by atoms with Crippen LogP contribution in [0.15, 0.2) is 36.7 Å². The Balaban J connectivity index is 1.97. The van der Waals surface area contributed by atoms with E-state index >= 15 is 0 Å². The van der Waals surface area contributed by atoms with Crippen molar-refractivity contribution in [1.29, 1.82) is 0 Å². The van der Waals surface area contributed by atoms with E-state index in [1.807, 2.05) is 28.8 Å². The molecule has 2 N–H and O–H groups in total. The van der Waals surface area contributed by atoms with Gasteiger partial charge in [-0.1, -0.05) is 12.2 Å². The molecule has 0 saturated heterocycles. The molecule has 2 aromatic heterocycles. The highest BCUT2D eigenvalue weighted by molar-refractivity contribution is 7.80. The van der Waals surface area contributed by atoms with E-state index in [4.69, 9.17) is 32.4 Å². The molecule has 22 heavy (non-hydrogen) atoms. The van der Waals surface area contributed by atoms with Crippen molar-refractivity contribution in [2.24, 2.45) is 5.73 Å². The van der Waals surface area contributed by atoms with E-state index in [9.17, 15) is 0 Å². The van der Waals surface area contributed by atoms with Crippen molar-refractivity contribution in [2.45, 2.75) is 6.54 Å². The van der Waals surface area contributed by atoms with E-state index < -0.39 is 0 Å². The van der Waals surface area contributed by atoms with Crippen molar-refractivity contribution in [2.75, 3.05) is 6.79 Å². The summed E-state index contributed by atoms with van der Waals surface area (Å²) < 4.78 is 12.8. The summed E-state index contributed by atoms with van der Waals surface area (Å²) in [5, 5.41) is 0. The van der Waals surface area contributed by atoms with Crippen LogP contribution < -0.4 is 15.2 Å². The maximum absolute atomic E-state index is 5.75. The Kier molecular flexibility index (Phi) is 2.93. The second-order valence-corrected chi connectivity index (χ2v) is 5.44. The van der Waals surface area contributed by atoms with Gasteiger partial charge >= 0.3 is 0 Å². The highest BCUT2D eigenvalue weighted by atomic mass is 32.1. The van der Waals surface area contributed by atoms with Crippen LogP contribution in [0.25, 0.3) is 22.4 Å². The number of hydrogen-bond donors (Lipinski definition) is 1. The normalized spacial score (nSPS) is 12.7. The molecule has 6 nitrogen and oxygen atoms in total. The van der Waals surface area contributed by atoms with Crippen LogP contribution in [0.5, 0.6) is 11.5 Å². The number of aromatic nitrogens is 3. The number of ether oxygens (including phenoxy) is 2. The van der Waals surface area contributed by atoms with Gasteiger partial charge in [0.2, 0.25) is 6.79 Å². The lowest BCUT2D eigenvalue weighted by molar-refractivity contribution is 0.174. The van der Waals surface area contributed by atoms with Crippen LogP contribution in [0.4, 0.5) is 0 Å². The van der Waals surface area contributed by atoms with Gasteiger partial charge in [0, 0.05) is 30.1 Å². The Labute approximate surface area is 131 Å². The molecule has 1 aliphatic rings. The van der Waals surface area contributed by atoms with Gasteiger partial charge in [0.05, 0.1) is 22.6 Å². The van der Waals surface area contributed by atoms with Gasteiger partial charge in [0.25, 0.3) is 0 Å². The summed E-state index contributed by atoms with van der Waals surface area (Å²) in [5.74, 6) is 2.19. The van der Waals surface area contributed by atoms with Crippen LogP contribution in [0.1, 0.15) is 0 Å². The number of imidazole rings is 1. The van der Waals surface area contributed by atoms with E-state index in [1.54, 1.807) is 12.4 Å². The average molecular weight is 312 g/mol. The number of nitrogens with zero attached hydrogens (tertiary/aromatic N) is 3. The second-order valence-electron chi connectivity index (χ2n) is 4.92. The minimum Gasteiger partial charge on any atom is -0.454 e. The molecular weight excluding hydrogens is 300 g/mol. The first-order valence-electron chi connectivity index (χ1n) is 6.71. The summed E-state index contributed by atoms with van der Waals surface area (Å²) in [6, 6.07) is 7.59. The first-order valence-corrected chi connectivity index (χ1v) is 7.12. The van der Waals surface area contributed by atoms with E-state index in [0.29, 0.717) is 23.0 Å². The number of fused-ring (bicyclic) bond motifs is 2. The summed E-state index contributed by atoms with van der Waals surface area (Å²) in [5.41, 5.74) is 8.42. The molecule has 0 radical (unpaired) electrons. The first-order chi connectivity index (χ1) is 10.7. The number of rotatable bonds is 3. The van der Waals surface area contributed by atoms with Gasteiger partial charge < -0.3 is 19.8 Å². The van der Waals surface area contributed by atoms with Gasteiger partial charge in [0.1, 0.15) is 5.82 Å². The van der Waals surface area contributed by atoms with E-state index in [1.165, 1.54) is 0 Å². The van der Waals surface area contributed by atoms with Crippen LogP contribution in [0.2, 0.25) is 0 Å². The highest BCUT2D eigenvalue weighted by Crippen LogP contribution is 2.37. The summed E-state index contributed by atoms with van der Waals surface area (Å²) >= 11 is 5.08. The molecule has 3 heterocycles. The van der Waals surface area contributed by atoms with Crippen LogP contribution >= 0.6 is 12.2 Å². The van der Waals surface area contributed by atoms with Crippen LogP contribution in [-0.4, -0.2) is 26.3 Å². The molecule has 0 fully saturated rings. The van der Waals surface area contributed by atoms with Gasteiger partial charge in [-0.3, -0.25) is 4.98 Å². The molecule has 4 rings (SSSR count). The zero-order valence-electron chi connectivity index (χ0n) is 11.5. The summed E-state index contributed by atoms with van der Waals surface area (Å²) in [6.45, 7) is 0.636. The van der Waals surface area contributed by atoms with Gasteiger partial charge in [0.15, 0.2) is 11.5 Å². The van der Waals surface area contributed by atoms with E-state index in [2.05, 4.69) is 4.98 Å². The zero-order valence-corrected chi connectivity index (χ0v) is 12.3. The lowest BCUT2D eigenvalue weighted by Crippen LogP contribution is -2.17. The molecule has 0 amide bonds. The first kappa shape index (κ1) is 13.0. The van der Waals surface area contributed by atoms with Gasteiger partial charge in [-0.2, -0.15) is 0 Å². The predicted octanol–water partition coefficient (Wildman–Crippen LogP) is 2.11. The Morgan fingerprint density at radius 1 is 1.23 bits per heavy atom. The summed E-state index contributed by atoms with van der Waals surface area (Å²) in [6.07, 6.45) is 3.46. The van der Waals surface area contributed by atoms with E-state index in [0.717, 1.165) is 22.4 Å². The fraction of sp³-hybridized carbons (Fsp3) is 0.133. The third-order valence-electron chi connectivity index (χ3n) is 3.50. The molecule has 1 aromatic carbocycles. The molecule has 0 atom stereocenters. The third kappa shape index (κ3) is 2.06. The molecule has 1 aliphatic heterocycles. The molecular formula is C15H12N4O2S. The van der Waals surface area contributed by atoms with Gasteiger partial charge in [-0.25, -0.2) is 4.98 Å². The largest absolute Gasteiger partial charge is 0.454 e. The molecule has 3 aromatic rings. The van der Waals surface area contributed by atoms with Crippen molar-refractivity contribution in [3.8, 4) is 22.9 Å². The maximum atomic E-state index is 5.75. The quantitative estimate of drug-likeness (QED) is 0.747. The van der Waals surface area contributed by atoms with Gasteiger partial charge in [-0.05, 0) is 12.1 Å². The molecule has 7 heteroatoms. The summed E-state index contributed by atoms with van der Waals surface area (Å²) in [7, 11) is 0. The van der Waals surface area contributed by atoms with Crippen LogP contribution in [0, 0.1) is 0 Å². The SMILES string of the molecule is NC(=S)Cn1c(-c2ccncc2)nc2cc3c(cc21)OCO3. The fourth-order valence-corrected chi connectivity index (χ4v) is 2.68. The van der Waals surface area contributed by atoms with Crippen molar-refractivity contribution in [3.05, 3.63) is 36.7 Å².